The lowest BCUT2D eigenvalue weighted by atomic mass is 9.88. The van der Waals surface area contributed by atoms with Crippen LogP contribution in [-0.2, 0) is 4.74 Å². The highest BCUT2D eigenvalue weighted by molar-refractivity contribution is 4.67. The summed E-state index contributed by atoms with van der Waals surface area (Å²) < 4.78 is 5.32. The van der Waals surface area contributed by atoms with E-state index in [0.717, 1.165) is 31.6 Å². The lowest BCUT2D eigenvalue weighted by Gasteiger charge is -2.24. The summed E-state index contributed by atoms with van der Waals surface area (Å²) in [7, 11) is 0. The highest BCUT2D eigenvalue weighted by Crippen LogP contribution is 2.23. The van der Waals surface area contributed by atoms with E-state index in [9.17, 15) is 0 Å². The zero-order valence-corrected chi connectivity index (χ0v) is 8.09. The van der Waals surface area contributed by atoms with Crippen LogP contribution in [0.25, 0.3) is 0 Å². The minimum Gasteiger partial charge on any atom is -0.381 e. The number of hydrogen-bond acceptors (Lipinski definition) is 2. The molecule has 0 spiro atoms. The highest BCUT2D eigenvalue weighted by Gasteiger charge is 2.15. The van der Waals surface area contributed by atoms with Gasteiger partial charge in [0.1, 0.15) is 0 Å². The Kier molecular flexibility index (Phi) is 4.62. The third kappa shape index (κ3) is 3.55. The standard InChI is InChI=1S/C10H21NO/c1-9(2-5-11)8-10-3-6-12-7-4-10/h9-10H,2-8,11H2,1H3. The molecule has 0 bridgehead atoms. The van der Waals surface area contributed by atoms with Gasteiger partial charge in [-0.25, -0.2) is 0 Å². The molecule has 0 aliphatic carbocycles. The van der Waals surface area contributed by atoms with Gasteiger partial charge >= 0.3 is 0 Å². The van der Waals surface area contributed by atoms with Crippen LogP contribution in [0.15, 0.2) is 0 Å². The first kappa shape index (κ1) is 10.0. The number of nitrogens with two attached hydrogens (primary N) is 1. The molecule has 72 valence electrons. The fourth-order valence-corrected chi connectivity index (χ4v) is 1.95. The van der Waals surface area contributed by atoms with Crippen LogP contribution in [0.2, 0.25) is 0 Å². The van der Waals surface area contributed by atoms with Crippen molar-refractivity contribution in [3.05, 3.63) is 0 Å². The van der Waals surface area contributed by atoms with Crippen molar-refractivity contribution in [2.24, 2.45) is 17.6 Å². The molecule has 1 unspecified atom stereocenters. The van der Waals surface area contributed by atoms with Gasteiger partial charge in [-0.3, -0.25) is 0 Å². The zero-order valence-electron chi connectivity index (χ0n) is 8.09. The van der Waals surface area contributed by atoms with E-state index in [1.165, 1.54) is 25.7 Å². The molecule has 0 aromatic carbocycles. The van der Waals surface area contributed by atoms with E-state index in [0.29, 0.717) is 0 Å². The minimum absolute atomic E-state index is 0.804. The van der Waals surface area contributed by atoms with Gasteiger partial charge in [0.2, 0.25) is 0 Å². The van der Waals surface area contributed by atoms with Crippen molar-refractivity contribution in [2.45, 2.75) is 32.6 Å². The molecule has 0 saturated carbocycles. The molecule has 2 nitrogen and oxygen atoms in total. The van der Waals surface area contributed by atoms with Gasteiger partial charge in [0.25, 0.3) is 0 Å². The van der Waals surface area contributed by atoms with E-state index in [1.807, 2.05) is 0 Å². The monoisotopic (exact) mass is 171 g/mol. The van der Waals surface area contributed by atoms with Crippen molar-refractivity contribution in [1.82, 2.24) is 0 Å². The Bertz CT molecular complexity index is 110. The molecular weight excluding hydrogens is 150 g/mol. The van der Waals surface area contributed by atoms with Gasteiger partial charge in [0.05, 0.1) is 0 Å². The smallest absolute Gasteiger partial charge is 0.0468 e. The minimum atomic E-state index is 0.804. The van der Waals surface area contributed by atoms with Crippen LogP contribution in [0.5, 0.6) is 0 Å². The summed E-state index contributed by atoms with van der Waals surface area (Å²) in [6.07, 6.45) is 5.04. The molecule has 2 N–H and O–H groups in total. The van der Waals surface area contributed by atoms with Gasteiger partial charge in [-0.2, -0.15) is 0 Å². The Hall–Kier alpha value is -0.0800. The predicted molar refractivity (Wildman–Crippen MR) is 51.0 cm³/mol. The van der Waals surface area contributed by atoms with E-state index in [4.69, 9.17) is 10.5 Å². The normalized spacial score (nSPS) is 22.5. The number of hydrogen-bond donors (Lipinski definition) is 1. The van der Waals surface area contributed by atoms with Gasteiger partial charge in [-0.05, 0) is 44.1 Å². The molecule has 0 aromatic rings. The Morgan fingerprint density at radius 3 is 2.67 bits per heavy atom. The summed E-state index contributed by atoms with van der Waals surface area (Å²) in [5, 5.41) is 0. The van der Waals surface area contributed by atoms with Crippen molar-refractivity contribution in [3.63, 3.8) is 0 Å². The second kappa shape index (κ2) is 5.55. The Labute approximate surface area is 75.5 Å². The van der Waals surface area contributed by atoms with Crippen LogP contribution >= 0.6 is 0 Å². The number of ether oxygens (including phenoxy) is 1. The van der Waals surface area contributed by atoms with Gasteiger partial charge < -0.3 is 10.5 Å². The summed E-state index contributed by atoms with van der Waals surface area (Å²) >= 11 is 0. The van der Waals surface area contributed by atoms with E-state index >= 15 is 0 Å². The Morgan fingerprint density at radius 1 is 1.42 bits per heavy atom. The maximum Gasteiger partial charge on any atom is 0.0468 e. The molecule has 0 radical (unpaired) electrons. The second-order valence-electron chi connectivity index (χ2n) is 3.97. The molecular formula is C10H21NO. The Morgan fingerprint density at radius 2 is 2.08 bits per heavy atom. The maximum absolute atomic E-state index is 5.51. The molecule has 1 aliphatic heterocycles. The van der Waals surface area contributed by atoms with Gasteiger partial charge in [0.15, 0.2) is 0 Å². The van der Waals surface area contributed by atoms with Crippen LogP contribution in [0, 0.1) is 11.8 Å². The number of rotatable bonds is 4. The first-order valence-corrected chi connectivity index (χ1v) is 5.10. The summed E-state index contributed by atoms with van der Waals surface area (Å²) in [6.45, 7) is 5.09. The lowest BCUT2D eigenvalue weighted by Crippen LogP contribution is -2.18. The van der Waals surface area contributed by atoms with Crippen LogP contribution in [0.1, 0.15) is 32.6 Å². The van der Waals surface area contributed by atoms with Crippen LogP contribution in [-0.4, -0.2) is 19.8 Å². The van der Waals surface area contributed by atoms with E-state index in [2.05, 4.69) is 6.92 Å². The van der Waals surface area contributed by atoms with Crippen molar-refractivity contribution in [3.8, 4) is 0 Å². The summed E-state index contributed by atoms with van der Waals surface area (Å²) in [6, 6.07) is 0. The van der Waals surface area contributed by atoms with Gasteiger partial charge in [0, 0.05) is 13.2 Å². The third-order valence-electron chi connectivity index (χ3n) is 2.74. The topological polar surface area (TPSA) is 35.2 Å². The van der Waals surface area contributed by atoms with Crippen molar-refractivity contribution < 1.29 is 4.74 Å². The highest BCUT2D eigenvalue weighted by atomic mass is 16.5. The molecule has 1 saturated heterocycles. The molecule has 1 rings (SSSR count). The van der Waals surface area contributed by atoms with E-state index in [1.54, 1.807) is 0 Å². The average Bonchev–Trinajstić information content (AvgIpc) is 2.06. The van der Waals surface area contributed by atoms with Crippen molar-refractivity contribution in [2.75, 3.05) is 19.8 Å². The molecule has 1 aliphatic rings. The SMILES string of the molecule is CC(CCN)CC1CCOCC1. The summed E-state index contributed by atoms with van der Waals surface area (Å²) in [5.74, 6) is 1.71. The molecule has 12 heavy (non-hydrogen) atoms. The Balaban J connectivity index is 2.11. The van der Waals surface area contributed by atoms with Crippen LogP contribution in [0.3, 0.4) is 0 Å². The summed E-state index contributed by atoms with van der Waals surface area (Å²) in [4.78, 5) is 0. The zero-order chi connectivity index (χ0) is 8.81. The predicted octanol–water partition coefficient (Wildman–Crippen LogP) is 1.79. The van der Waals surface area contributed by atoms with Crippen LogP contribution < -0.4 is 5.73 Å². The molecule has 1 fully saturated rings. The molecule has 1 heterocycles. The fourth-order valence-electron chi connectivity index (χ4n) is 1.95. The molecule has 0 amide bonds. The van der Waals surface area contributed by atoms with Crippen molar-refractivity contribution >= 4 is 0 Å². The maximum atomic E-state index is 5.51. The quantitative estimate of drug-likeness (QED) is 0.700. The van der Waals surface area contributed by atoms with Gasteiger partial charge in [-0.1, -0.05) is 6.92 Å². The first-order chi connectivity index (χ1) is 5.83. The van der Waals surface area contributed by atoms with Gasteiger partial charge in [-0.15, -0.1) is 0 Å². The fraction of sp³-hybridized carbons (Fsp3) is 1.00. The molecule has 2 heteroatoms. The molecule has 1 atom stereocenters. The first-order valence-electron chi connectivity index (χ1n) is 5.10. The molecule has 0 aromatic heterocycles. The van der Waals surface area contributed by atoms with E-state index in [-0.39, 0.29) is 0 Å². The summed E-state index contributed by atoms with van der Waals surface area (Å²) in [5.41, 5.74) is 5.51. The third-order valence-corrected chi connectivity index (χ3v) is 2.74. The van der Waals surface area contributed by atoms with Crippen molar-refractivity contribution in [1.29, 1.82) is 0 Å². The second-order valence-corrected chi connectivity index (χ2v) is 3.97. The lowest BCUT2D eigenvalue weighted by molar-refractivity contribution is 0.0591. The average molecular weight is 171 g/mol. The van der Waals surface area contributed by atoms with E-state index < -0.39 is 0 Å². The van der Waals surface area contributed by atoms with Crippen LogP contribution in [0.4, 0.5) is 0 Å². The largest absolute Gasteiger partial charge is 0.381 e.